The van der Waals surface area contributed by atoms with E-state index in [1.165, 1.54) is 0 Å². The lowest BCUT2D eigenvalue weighted by molar-refractivity contribution is -0.145. The first-order valence-corrected chi connectivity index (χ1v) is 9.40. The summed E-state index contributed by atoms with van der Waals surface area (Å²) in [5.41, 5.74) is 2.69. The van der Waals surface area contributed by atoms with E-state index in [1.54, 1.807) is 19.2 Å². The van der Waals surface area contributed by atoms with Crippen molar-refractivity contribution in [2.75, 3.05) is 6.61 Å². The molecule has 0 radical (unpaired) electrons. The van der Waals surface area contributed by atoms with Gasteiger partial charge in [-0.15, -0.1) is 0 Å². The number of nitrogens with zero attached hydrogens (tertiary/aromatic N) is 2. The summed E-state index contributed by atoms with van der Waals surface area (Å²) in [5.74, 6) is 0.336. The minimum atomic E-state index is -0.528. The highest BCUT2D eigenvalue weighted by molar-refractivity contribution is 5.96. The Bertz CT molecular complexity index is 956. The topological polar surface area (TPSA) is 78.4 Å². The van der Waals surface area contributed by atoms with E-state index in [9.17, 15) is 9.59 Å². The number of carbonyl (C=O) groups is 2. The van der Waals surface area contributed by atoms with E-state index in [-0.39, 0.29) is 25.2 Å². The normalized spacial score (nSPS) is 10.4. The largest absolute Gasteiger partial charge is 0.489 e. The zero-order valence-corrected chi connectivity index (χ0v) is 16.2. The molecule has 0 fully saturated rings. The van der Waals surface area contributed by atoms with Crippen LogP contribution in [0.4, 0.5) is 0 Å². The van der Waals surface area contributed by atoms with Crippen molar-refractivity contribution in [1.82, 2.24) is 9.97 Å². The monoisotopic (exact) mass is 390 g/mol. The van der Waals surface area contributed by atoms with Crippen molar-refractivity contribution in [3.05, 3.63) is 78.2 Å². The standard InChI is InChI=1S/C23H22N2O4/c1-2-28-23(27)15-19(26)14-22-24-13-12-21(25-22)18-8-10-20(11-9-18)29-16-17-6-4-3-5-7-17/h3-13H,2,14-16H2,1H3. The summed E-state index contributed by atoms with van der Waals surface area (Å²) in [4.78, 5) is 32.0. The molecule has 2 aromatic carbocycles. The van der Waals surface area contributed by atoms with E-state index in [4.69, 9.17) is 9.47 Å². The minimum absolute atomic E-state index is 0.00900. The van der Waals surface area contributed by atoms with Crippen molar-refractivity contribution >= 4 is 11.8 Å². The van der Waals surface area contributed by atoms with Gasteiger partial charge in [0.1, 0.15) is 24.6 Å². The molecule has 0 saturated heterocycles. The first kappa shape index (κ1) is 20.2. The molecule has 0 saturated carbocycles. The van der Waals surface area contributed by atoms with Crippen LogP contribution in [0.1, 0.15) is 24.7 Å². The lowest BCUT2D eigenvalue weighted by Crippen LogP contribution is -2.14. The van der Waals surface area contributed by atoms with Gasteiger partial charge < -0.3 is 9.47 Å². The van der Waals surface area contributed by atoms with Crippen molar-refractivity contribution in [1.29, 1.82) is 0 Å². The number of hydrogen-bond donors (Lipinski definition) is 0. The van der Waals surface area contributed by atoms with Gasteiger partial charge in [0.05, 0.1) is 18.7 Å². The Kier molecular flexibility index (Phi) is 7.05. The number of hydrogen-bond acceptors (Lipinski definition) is 6. The third-order valence-corrected chi connectivity index (χ3v) is 4.11. The molecular weight excluding hydrogens is 368 g/mol. The fraction of sp³-hybridized carbons (Fsp3) is 0.217. The molecule has 6 nitrogen and oxygen atoms in total. The molecule has 29 heavy (non-hydrogen) atoms. The number of esters is 1. The van der Waals surface area contributed by atoms with Crippen LogP contribution in [0.15, 0.2) is 66.9 Å². The van der Waals surface area contributed by atoms with Gasteiger partial charge in [0, 0.05) is 11.8 Å². The molecule has 1 aromatic heterocycles. The predicted molar refractivity (Wildman–Crippen MR) is 108 cm³/mol. The van der Waals surface area contributed by atoms with Gasteiger partial charge in [-0.1, -0.05) is 30.3 Å². The van der Waals surface area contributed by atoms with E-state index in [0.717, 1.165) is 16.9 Å². The van der Waals surface area contributed by atoms with Crippen molar-refractivity contribution in [2.24, 2.45) is 0 Å². The van der Waals surface area contributed by atoms with Gasteiger partial charge in [-0.05, 0) is 42.8 Å². The Hall–Kier alpha value is -3.54. The summed E-state index contributed by atoms with van der Waals surface area (Å²) in [6, 6.07) is 19.3. The smallest absolute Gasteiger partial charge is 0.313 e. The first-order valence-electron chi connectivity index (χ1n) is 9.40. The second kappa shape index (κ2) is 10.1. The molecule has 0 atom stereocenters. The lowest BCUT2D eigenvalue weighted by Gasteiger charge is -2.08. The van der Waals surface area contributed by atoms with E-state index >= 15 is 0 Å². The molecule has 0 spiro atoms. The summed E-state index contributed by atoms with van der Waals surface area (Å²) >= 11 is 0. The molecule has 1 heterocycles. The Morgan fingerprint density at radius 1 is 0.966 bits per heavy atom. The maximum absolute atomic E-state index is 12.0. The number of rotatable bonds is 9. The fourth-order valence-electron chi connectivity index (χ4n) is 2.72. The van der Waals surface area contributed by atoms with Gasteiger partial charge in [-0.3, -0.25) is 9.59 Å². The number of aromatic nitrogens is 2. The number of ketones is 1. The van der Waals surface area contributed by atoms with Crippen molar-refractivity contribution in [2.45, 2.75) is 26.4 Å². The predicted octanol–water partition coefficient (Wildman–Crippen LogP) is 3.79. The van der Waals surface area contributed by atoms with Gasteiger partial charge in [0.15, 0.2) is 5.78 Å². The van der Waals surface area contributed by atoms with Crippen LogP contribution < -0.4 is 4.74 Å². The molecule has 148 valence electrons. The van der Waals surface area contributed by atoms with Crippen molar-refractivity contribution in [3.8, 4) is 17.0 Å². The molecule has 0 bridgehead atoms. The van der Waals surface area contributed by atoms with Crippen LogP contribution in [0.5, 0.6) is 5.75 Å². The number of Topliss-reactive ketones (excluding diaryl/α,β-unsaturated/α-hetero) is 1. The van der Waals surface area contributed by atoms with Crippen LogP contribution in [0, 0.1) is 0 Å². The van der Waals surface area contributed by atoms with E-state index < -0.39 is 5.97 Å². The molecule has 3 aromatic rings. The van der Waals surface area contributed by atoms with Crippen LogP contribution in [0.2, 0.25) is 0 Å². The molecule has 0 amide bonds. The highest BCUT2D eigenvalue weighted by Crippen LogP contribution is 2.21. The maximum Gasteiger partial charge on any atom is 0.313 e. The molecule has 0 unspecified atom stereocenters. The summed E-state index contributed by atoms with van der Waals surface area (Å²) < 4.78 is 10.6. The second-order valence-electron chi connectivity index (χ2n) is 6.35. The van der Waals surface area contributed by atoms with Gasteiger partial charge in [-0.2, -0.15) is 0 Å². The summed E-state index contributed by atoms with van der Waals surface area (Å²) in [6.45, 7) is 2.45. The highest BCUT2D eigenvalue weighted by atomic mass is 16.5. The molecule has 3 rings (SSSR count). The number of carbonyl (C=O) groups excluding carboxylic acids is 2. The fourth-order valence-corrected chi connectivity index (χ4v) is 2.72. The molecule has 0 aliphatic carbocycles. The molecule has 0 aliphatic rings. The van der Waals surface area contributed by atoms with E-state index in [1.807, 2.05) is 54.6 Å². The van der Waals surface area contributed by atoms with Gasteiger partial charge in [-0.25, -0.2) is 9.97 Å². The third-order valence-electron chi connectivity index (χ3n) is 4.11. The van der Waals surface area contributed by atoms with Gasteiger partial charge in [0.25, 0.3) is 0 Å². The summed E-state index contributed by atoms with van der Waals surface area (Å²) in [7, 11) is 0. The van der Waals surface area contributed by atoms with Crippen LogP contribution in [0.3, 0.4) is 0 Å². The molecule has 6 heteroatoms. The van der Waals surface area contributed by atoms with Gasteiger partial charge in [0.2, 0.25) is 0 Å². The van der Waals surface area contributed by atoms with Crippen LogP contribution in [-0.4, -0.2) is 28.3 Å². The number of benzene rings is 2. The van der Waals surface area contributed by atoms with Gasteiger partial charge >= 0.3 is 5.97 Å². The average molecular weight is 390 g/mol. The lowest BCUT2D eigenvalue weighted by atomic mass is 10.1. The van der Waals surface area contributed by atoms with E-state index in [2.05, 4.69) is 9.97 Å². The first-order chi connectivity index (χ1) is 14.1. The Morgan fingerprint density at radius 3 is 2.45 bits per heavy atom. The van der Waals surface area contributed by atoms with Crippen LogP contribution in [-0.2, 0) is 27.4 Å². The second-order valence-corrected chi connectivity index (χ2v) is 6.35. The Morgan fingerprint density at radius 2 is 1.72 bits per heavy atom. The Labute approximate surface area is 169 Å². The zero-order chi connectivity index (χ0) is 20.5. The number of ether oxygens (including phenoxy) is 2. The molecule has 0 N–H and O–H groups in total. The quantitative estimate of drug-likeness (QED) is 0.409. The van der Waals surface area contributed by atoms with Crippen LogP contribution in [0.25, 0.3) is 11.3 Å². The average Bonchev–Trinajstić information content (AvgIpc) is 2.73. The SMILES string of the molecule is CCOC(=O)CC(=O)Cc1nccc(-c2ccc(OCc3ccccc3)cc2)n1. The molecular formula is C23H22N2O4. The van der Waals surface area contributed by atoms with Crippen LogP contribution >= 0.6 is 0 Å². The van der Waals surface area contributed by atoms with Crippen molar-refractivity contribution < 1.29 is 19.1 Å². The highest BCUT2D eigenvalue weighted by Gasteiger charge is 2.13. The molecule has 0 aliphatic heterocycles. The maximum atomic E-state index is 12.0. The Balaban J connectivity index is 1.61. The van der Waals surface area contributed by atoms with Crippen molar-refractivity contribution in [3.63, 3.8) is 0 Å². The summed E-state index contributed by atoms with van der Waals surface area (Å²) in [5, 5.41) is 0. The third kappa shape index (κ3) is 6.24. The van der Waals surface area contributed by atoms with E-state index in [0.29, 0.717) is 18.1 Å². The minimum Gasteiger partial charge on any atom is -0.489 e. The summed E-state index contributed by atoms with van der Waals surface area (Å²) in [6.07, 6.45) is 1.33. The zero-order valence-electron chi connectivity index (χ0n) is 16.2.